The predicted molar refractivity (Wildman–Crippen MR) is 74.6 cm³/mol. The molecule has 0 aromatic heterocycles. The fourth-order valence-corrected chi connectivity index (χ4v) is 1.64. The lowest BCUT2D eigenvalue weighted by Crippen LogP contribution is -2.40. The molecule has 0 bridgehead atoms. The van der Waals surface area contributed by atoms with E-state index in [1.807, 2.05) is 6.92 Å². The van der Waals surface area contributed by atoms with Crippen LogP contribution in [0.25, 0.3) is 0 Å². The number of benzene rings is 1. The Morgan fingerprint density at radius 1 is 1.21 bits per heavy atom. The molecule has 0 aliphatic heterocycles. The fraction of sp³-hybridized carbons (Fsp3) is 0.385. The minimum Gasteiger partial charge on any atom is -0.480 e. The second-order valence-corrected chi connectivity index (χ2v) is 4.57. The van der Waals surface area contributed by atoms with E-state index in [2.05, 4.69) is 0 Å². The van der Waals surface area contributed by atoms with Crippen molar-refractivity contribution in [3.63, 3.8) is 0 Å². The summed E-state index contributed by atoms with van der Waals surface area (Å²) in [5.41, 5.74) is 0.657. The number of carbonyl (C=O) groups is 2. The molecule has 1 aromatic carbocycles. The lowest BCUT2D eigenvalue weighted by Gasteiger charge is -2.25. The highest BCUT2D eigenvalue weighted by atomic mass is 35.5. The van der Waals surface area contributed by atoms with Crippen molar-refractivity contribution in [1.82, 2.24) is 4.90 Å². The van der Waals surface area contributed by atoms with Crippen LogP contribution in [0.4, 0.5) is 5.69 Å². The van der Waals surface area contributed by atoms with Crippen LogP contribution in [0, 0.1) is 0 Å². The normalized spacial score (nSPS) is 10.1. The van der Waals surface area contributed by atoms with Crippen molar-refractivity contribution in [3.05, 3.63) is 29.3 Å². The highest BCUT2D eigenvalue weighted by molar-refractivity contribution is 6.30. The second kappa shape index (κ2) is 6.99. The number of carboxylic acid groups (broad SMARTS) is 1. The third-order valence-corrected chi connectivity index (χ3v) is 3.00. The average Bonchev–Trinajstić information content (AvgIpc) is 2.37. The van der Waals surface area contributed by atoms with Crippen molar-refractivity contribution >= 4 is 29.2 Å². The highest BCUT2D eigenvalue weighted by Crippen LogP contribution is 2.17. The molecule has 0 heterocycles. The molecular weight excluding hydrogens is 268 g/mol. The molecule has 0 spiro atoms. The van der Waals surface area contributed by atoms with Crippen LogP contribution < -0.4 is 4.90 Å². The quantitative estimate of drug-likeness (QED) is 0.864. The summed E-state index contributed by atoms with van der Waals surface area (Å²) in [6.07, 6.45) is 0. The molecule has 1 amide bonds. The standard InChI is InChI=1S/C13H17ClN2O3/c1-3-15(2)12(17)8-16(9-13(18)19)11-6-4-10(14)5-7-11/h4-7H,3,8-9H2,1-2H3,(H,18,19). The second-order valence-electron chi connectivity index (χ2n) is 4.13. The average molecular weight is 285 g/mol. The fourth-order valence-electron chi connectivity index (χ4n) is 1.51. The molecule has 1 rings (SSSR count). The maximum absolute atomic E-state index is 11.9. The minimum atomic E-state index is -0.984. The van der Waals surface area contributed by atoms with Crippen LogP contribution in [-0.4, -0.2) is 48.6 Å². The summed E-state index contributed by atoms with van der Waals surface area (Å²) < 4.78 is 0. The van der Waals surface area contributed by atoms with Gasteiger partial charge in [0.15, 0.2) is 0 Å². The van der Waals surface area contributed by atoms with Crippen LogP contribution >= 0.6 is 11.6 Å². The number of halogens is 1. The molecule has 6 heteroatoms. The Bertz CT molecular complexity index is 448. The van der Waals surface area contributed by atoms with Gasteiger partial charge in [-0.15, -0.1) is 0 Å². The van der Waals surface area contributed by atoms with Gasteiger partial charge in [-0.3, -0.25) is 9.59 Å². The van der Waals surface area contributed by atoms with E-state index in [0.717, 1.165) is 0 Å². The van der Waals surface area contributed by atoms with Gasteiger partial charge in [0.05, 0.1) is 6.54 Å². The monoisotopic (exact) mass is 284 g/mol. The van der Waals surface area contributed by atoms with E-state index >= 15 is 0 Å². The summed E-state index contributed by atoms with van der Waals surface area (Å²) in [5, 5.41) is 9.48. The van der Waals surface area contributed by atoms with E-state index in [1.54, 1.807) is 36.2 Å². The number of carbonyl (C=O) groups excluding carboxylic acids is 1. The van der Waals surface area contributed by atoms with Crippen LogP contribution in [0.15, 0.2) is 24.3 Å². The van der Waals surface area contributed by atoms with Gasteiger partial charge in [0, 0.05) is 24.3 Å². The molecule has 104 valence electrons. The van der Waals surface area contributed by atoms with Gasteiger partial charge in [-0.25, -0.2) is 0 Å². The predicted octanol–water partition coefficient (Wildman–Crippen LogP) is 1.71. The molecule has 19 heavy (non-hydrogen) atoms. The summed E-state index contributed by atoms with van der Waals surface area (Å²) in [5.74, 6) is -1.11. The number of carboxylic acids is 1. The van der Waals surface area contributed by atoms with Gasteiger partial charge < -0.3 is 14.9 Å². The van der Waals surface area contributed by atoms with Crippen LogP contribution in [0.2, 0.25) is 5.02 Å². The summed E-state index contributed by atoms with van der Waals surface area (Å²) in [6, 6.07) is 6.73. The van der Waals surface area contributed by atoms with Crippen LogP contribution in [0.3, 0.4) is 0 Å². The maximum atomic E-state index is 11.9. The van der Waals surface area contributed by atoms with Gasteiger partial charge in [0.2, 0.25) is 5.91 Å². The topological polar surface area (TPSA) is 60.9 Å². The molecule has 0 radical (unpaired) electrons. The van der Waals surface area contributed by atoms with Crippen molar-refractivity contribution in [2.45, 2.75) is 6.92 Å². The molecule has 0 atom stereocenters. The number of likely N-dealkylation sites (N-methyl/N-ethyl adjacent to an activating group) is 1. The molecule has 0 fully saturated rings. The first kappa shape index (κ1) is 15.3. The van der Waals surface area contributed by atoms with Gasteiger partial charge >= 0.3 is 5.97 Å². The number of nitrogens with zero attached hydrogens (tertiary/aromatic N) is 2. The van der Waals surface area contributed by atoms with E-state index in [1.165, 1.54) is 4.90 Å². The summed E-state index contributed by atoms with van der Waals surface area (Å²) in [6.45, 7) is 2.24. The first-order valence-corrected chi connectivity index (χ1v) is 6.28. The van der Waals surface area contributed by atoms with Gasteiger partial charge in [0.1, 0.15) is 6.54 Å². The van der Waals surface area contributed by atoms with E-state index < -0.39 is 5.97 Å². The third kappa shape index (κ3) is 4.79. The third-order valence-electron chi connectivity index (χ3n) is 2.74. The smallest absolute Gasteiger partial charge is 0.323 e. The number of amides is 1. The molecule has 1 N–H and O–H groups in total. The van der Waals surface area contributed by atoms with E-state index in [9.17, 15) is 9.59 Å². The van der Waals surface area contributed by atoms with E-state index in [-0.39, 0.29) is 19.0 Å². The van der Waals surface area contributed by atoms with Crippen molar-refractivity contribution in [2.75, 3.05) is 31.6 Å². The number of anilines is 1. The molecule has 0 unspecified atom stereocenters. The SMILES string of the molecule is CCN(C)C(=O)CN(CC(=O)O)c1ccc(Cl)cc1. The molecule has 5 nitrogen and oxygen atoms in total. The van der Waals surface area contributed by atoms with Crippen LogP contribution in [0.5, 0.6) is 0 Å². The lowest BCUT2D eigenvalue weighted by molar-refractivity contribution is -0.135. The lowest BCUT2D eigenvalue weighted by atomic mass is 10.2. The highest BCUT2D eigenvalue weighted by Gasteiger charge is 2.16. The summed E-state index contributed by atoms with van der Waals surface area (Å²) >= 11 is 5.79. The first-order valence-electron chi connectivity index (χ1n) is 5.90. The Kier molecular flexibility index (Phi) is 5.63. The molecule has 1 aromatic rings. The number of aliphatic carboxylic acids is 1. The van der Waals surface area contributed by atoms with Gasteiger partial charge in [-0.05, 0) is 31.2 Å². The van der Waals surface area contributed by atoms with Crippen molar-refractivity contribution in [1.29, 1.82) is 0 Å². The minimum absolute atomic E-state index is 0.0261. The number of hydrogen-bond donors (Lipinski definition) is 1. The largest absolute Gasteiger partial charge is 0.480 e. The summed E-state index contributed by atoms with van der Waals surface area (Å²) in [7, 11) is 1.68. The van der Waals surface area contributed by atoms with Gasteiger partial charge in [-0.2, -0.15) is 0 Å². The number of hydrogen-bond acceptors (Lipinski definition) is 3. The Morgan fingerprint density at radius 3 is 2.26 bits per heavy atom. The van der Waals surface area contributed by atoms with Crippen molar-refractivity contribution in [3.8, 4) is 0 Å². The Hall–Kier alpha value is -1.75. The van der Waals surface area contributed by atoms with Crippen molar-refractivity contribution in [2.24, 2.45) is 0 Å². The van der Waals surface area contributed by atoms with E-state index in [0.29, 0.717) is 17.3 Å². The van der Waals surface area contributed by atoms with Crippen LogP contribution in [-0.2, 0) is 9.59 Å². The molecule has 0 saturated carbocycles. The Labute approximate surface area is 117 Å². The molecule has 0 aliphatic carbocycles. The first-order chi connectivity index (χ1) is 8.93. The maximum Gasteiger partial charge on any atom is 0.323 e. The zero-order valence-electron chi connectivity index (χ0n) is 11.0. The van der Waals surface area contributed by atoms with Gasteiger partial charge in [0.25, 0.3) is 0 Å². The van der Waals surface area contributed by atoms with Gasteiger partial charge in [-0.1, -0.05) is 11.6 Å². The Balaban J connectivity index is 2.85. The zero-order chi connectivity index (χ0) is 14.4. The Morgan fingerprint density at radius 2 is 1.79 bits per heavy atom. The van der Waals surface area contributed by atoms with Crippen molar-refractivity contribution < 1.29 is 14.7 Å². The molecule has 0 aliphatic rings. The molecule has 0 saturated heterocycles. The van der Waals surface area contributed by atoms with Crippen LogP contribution in [0.1, 0.15) is 6.92 Å². The zero-order valence-corrected chi connectivity index (χ0v) is 11.7. The van der Waals surface area contributed by atoms with E-state index in [4.69, 9.17) is 16.7 Å². The molecular formula is C13H17ClN2O3. The number of rotatable bonds is 6. The summed E-state index contributed by atoms with van der Waals surface area (Å²) in [4.78, 5) is 25.8.